The van der Waals surface area contributed by atoms with Crippen LogP contribution in [0.3, 0.4) is 0 Å². The lowest BCUT2D eigenvalue weighted by atomic mass is 9.98. The van der Waals surface area contributed by atoms with Crippen LogP contribution in [0.5, 0.6) is 0 Å². The number of amidine groups is 1. The lowest BCUT2D eigenvalue weighted by molar-refractivity contribution is 0.668. The molecule has 0 fully saturated rings. The van der Waals surface area contributed by atoms with Gasteiger partial charge < -0.3 is 8.83 Å². The quantitative estimate of drug-likeness (QED) is 0.169. The highest BCUT2D eigenvalue weighted by Gasteiger charge is 2.21. The molecule has 0 saturated carbocycles. The Balaban J connectivity index is 1.04. The number of hydrogen-bond donors (Lipinski definition) is 0. The van der Waals surface area contributed by atoms with E-state index in [0.717, 1.165) is 83.1 Å². The molecule has 9 aromatic carbocycles. The van der Waals surface area contributed by atoms with Crippen LogP contribution >= 0.6 is 0 Å². The van der Waals surface area contributed by atoms with Gasteiger partial charge in [-0.3, -0.25) is 0 Å². The van der Waals surface area contributed by atoms with Crippen LogP contribution in [-0.4, -0.2) is 11.5 Å². The smallest absolute Gasteiger partial charge is 0.160 e. The van der Waals surface area contributed by atoms with Gasteiger partial charge in [0.1, 0.15) is 22.3 Å². The Kier molecular flexibility index (Phi) is 6.96. The van der Waals surface area contributed by atoms with Crippen LogP contribution in [0.2, 0.25) is 0 Å². The van der Waals surface area contributed by atoms with E-state index in [-0.39, 0.29) is 0 Å². The number of hydrogen-bond acceptors (Lipinski definition) is 4. The normalized spacial score (nSPS) is 13.5. The van der Waals surface area contributed by atoms with Crippen molar-refractivity contribution in [2.24, 2.45) is 9.98 Å². The Morgan fingerprint density at radius 1 is 0.386 bits per heavy atom. The van der Waals surface area contributed by atoms with Gasteiger partial charge in [-0.1, -0.05) is 152 Å². The average molecular weight is 729 g/mol. The molecule has 2 aromatic heterocycles. The highest BCUT2D eigenvalue weighted by Crippen LogP contribution is 2.42. The van der Waals surface area contributed by atoms with E-state index in [0.29, 0.717) is 12.3 Å². The molecular weight excluding hydrogens is 697 g/mol. The molecule has 11 aromatic rings. The fourth-order valence-electron chi connectivity index (χ4n) is 8.82. The summed E-state index contributed by atoms with van der Waals surface area (Å²) >= 11 is 0. The minimum absolute atomic E-state index is 0.644. The topological polar surface area (TPSA) is 51.0 Å². The number of aliphatic imine (C=N–C) groups is 2. The third kappa shape index (κ3) is 5.08. The van der Waals surface area contributed by atoms with Crippen LogP contribution in [-0.2, 0) is 0 Å². The van der Waals surface area contributed by atoms with Crippen LogP contribution in [0, 0.1) is 0 Å². The van der Waals surface area contributed by atoms with E-state index in [1.807, 2.05) is 18.2 Å². The zero-order valence-electron chi connectivity index (χ0n) is 30.7. The van der Waals surface area contributed by atoms with Crippen molar-refractivity contribution in [2.75, 3.05) is 0 Å². The van der Waals surface area contributed by atoms with Crippen LogP contribution in [0.15, 0.2) is 201 Å². The predicted molar refractivity (Wildman–Crippen MR) is 238 cm³/mol. The largest absolute Gasteiger partial charge is 0.456 e. The Hall–Kier alpha value is -7.56. The molecule has 0 unspecified atom stereocenters. The van der Waals surface area contributed by atoms with E-state index in [1.165, 1.54) is 32.3 Å². The van der Waals surface area contributed by atoms with E-state index < -0.39 is 0 Å². The fraction of sp³-hybridized carbons (Fsp3) is 0.0189. The SMILES string of the molecule is C1=C(c2ccc3c(ccc4ccccc43)c2)N=C(c2cccc3oc4ccc(-c5cccc6c5oc5ccc7ccccc7c56)cc4c23)N=C(c2ccccc2)C1. The van der Waals surface area contributed by atoms with Crippen LogP contribution < -0.4 is 0 Å². The molecule has 4 nitrogen and oxygen atoms in total. The molecule has 3 heterocycles. The lowest BCUT2D eigenvalue weighted by Crippen LogP contribution is -2.05. The minimum atomic E-state index is 0.644. The molecule has 0 N–H and O–H groups in total. The number of rotatable bonds is 4. The zero-order valence-corrected chi connectivity index (χ0v) is 30.7. The maximum Gasteiger partial charge on any atom is 0.160 e. The van der Waals surface area contributed by atoms with E-state index in [4.69, 9.17) is 18.8 Å². The summed E-state index contributed by atoms with van der Waals surface area (Å²) in [5.74, 6) is 0.654. The first-order valence-electron chi connectivity index (χ1n) is 19.4. The van der Waals surface area contributed by atoms with Gasteiger partial charge in [0, 0.05) is 44.7 Å². The zero-order chi connectivity index (χ0) is 37.5. The summed E-state index contributed by atoms with van der Waals surface area (Å²) in [6, 6.07) is 61.8. The minimum Gasteiger partial charge on any atom is -0.456 e. The van der Waals surface area contributed by atoms with E-state index in [2.05, 4.69) is 164 Å². The summed E-state index contributed by atoms with van der Waals surface area (Å²) in [5, 5.41) is 11.5. The van der Waals surface area contributed by atoms with Crippen molar-refractivity contribution < 1.29 is 8.83 Å². The third-order valence-corrected chi connectivity index (χ3v) is 11.5. The van der Waals surface area contributed by atoms with E-state index >= 15 is 0 Å². The van der Waals surface area contributed by atoms with Gasteiger partial charge in [0.15, 0.2) is 5.84 Å². The average Bonchev–Trinajstić information content (AvgIpc) is 3.77. The molecule has 0 aliphatic carbocycles. The molecule has 0 radical (unpaired) electrons. The Bertz CT molecular complexity index is 3550. The highest BCUT2D eigenvalue weighted by molar-refractivity contribution is 6.24. The molecular formula is C53H32N2O2. The summed E-state index contributed by atoms with van der Waals surface area (Å²) < 4.78 is 13.2. The summed E-state index contributed by atoms with van der Waals surface area (Å²) in [4.78, 5) is 10.8. The van der Waals surface area contributed by atoms with Gasteiger partial charge in [-0.15, -0.1) is 0 Å². The fourth-order valence-corrected chi connectivity index (χ4v) is 8.82. The molecule has 266 valence electrons. The van der Waals surface area contributed by atoms with E-state index in [1.54, 1.807) is 0 Å². The first-order valence-corrected chi connectivity index (χ1v) is 19.4. The summed E-state index contributed by atoms with van der Waals surface area (Å²) in [6.07, 6.45) is 2.86. The van der Waals surface area contributed by atoms with Gasteiger partial charge in [-0.25, -0.2) is 9.98 Å². The second-order valence-corrected chi connectivity index (χ2v) is 14.8. The second-order valence-electron chi connectivity index (χ2n) is 14.8. The van der Waals surface area contributed by atoms with Gasteiger partial charge in [0.25, 0.3) is 0 Å². The molecule has 57 heavy (non-hydrogen) atoms. The van der Waals surface area contributed by atoms with Crippen molar-refractivity contribution in [3.63, 3.8) is 0 Å². The predicted octanol–water partition coefficient (Wildman–Crippen LogP) is 14.3. The Morgan fingerprint density at radius 3 is 1.98 bits per heavy atom. The van der Waals surface area contributed by atoms with Crippen LogP contribution in [0.1, 0.15) is 23.1 Å². The molecule has 0 saturated heterocycles. The van der Waals surface area contributed by atoms with Gasteiger partial charge in [-0.2, -0.15) is 0 Å². The van der Waals surface area contributed by atoms with Crippen molar-refractivity contribution in [2.45, 2.75) is 6.42 Å². The van der Waals surface area contributed by atoms with Crippen molar-refractivity contribution in [3.8, 4) is 11.1 Å². The van der Waals surface area contributed by atoms with Gasteiger partial charge in [-0.05, 0) is 73.8 Å². The maximum atomic E-state index is 6.65. The summed E-state index contributed by atoms with van der Waals surface area (Å²) in [5.41, 5.74) is 10.3. The Labute approximate surface area is 327 Å². The molecule has 1 aliphatic heterocycles. The van der Waals surface area contributed by atoms with Crippen LogP contribution in [0.4, 0.5) is 0 Å². The molecule has 1 aliphatic rings. The first kappa shape index (κ1) is 31.8. The van der Waals surface area contributed by atoms with Gasteiger partial charge >= 0.3 is 0 Å². The number of para-hydroxylation sites is 1. The van der Waals surface area contributed by atoms with Gasteiger partial charge in [0.2, 0.25) is 0 Å². The van der Waals surface area contributed by atoms with Crippen molar-refractivity contribution >= 4 is 93.4 Å². The number of furan rings is 2. The summed E-state index contributed by atoms with van der Waals surface area (Å²) in [6.45, 7) is 0. The standard InChI is InChI=1S/C53H32N2O2/c1-2-12-34(13-3-1)45-26-27-46(37-22-25-39-35(30-37)21-20-32-10-4-6-14-38(32)39)55-53(54-45)43-18-9-19-48-51(43)44-31-36(24-28-47(44)56-48)41-16-8-17-42-50-40-15-7-5-11-33(40)23-29-49(50)57-52(41)42/h1-25,27-31H,26H2. The number of nitrogens with zero attached hydrogens (tertiary/aromatic N) is 2. The molecule has 4 heteroatoms. The molecule has 0 bridgehead atoms. The number of allylic oxidation sites excluding steroid dienone is 1. The number of fused-ring (bicyclic) bond motifs is 11. The Morgan fingerprint density at radius 2 is 1.07 bits per heavy atom. The van der Waals surface area contributed by atoms with Crippen LogP contribution in [0.25, 0.3) is 93.0 Å². The first-order chi connectivity index (χ1) is 28.2. The van der Waals surface area contributed by atoms with Crippen molar-refractivity contribution in [1.29, 1.82) is 0 Å². The third-order valence-electron chi connectivity index (χ3n) is 11.5. The molecule has 0 atom stereocenters. The van der Waals surface area contributed by atoms with Gasteiger partial charge in [0.05, 0.1) is 11.4 Å². The second kappa shape index (κ2) is 12.5. The highest BCUT2D eigenvalue weighted by atomic mass is 16.3. The monoisotopic (exact) mass is 728 g/mol. The molecule has 12 rings (SSSR count). The number of benzene rings is 9. The van der Waals surface area contributed by atoms with E-state index in [9.17, 15) is 0 Å². The van der Waals surface area contributed by atoms with Crippen molar-refractivity contribution in [3.05, 3.63) is 199 Å². The lowest BCUT2D eigenvalue weighted by Gasteiger charge is -2.09. The van der Waals surface area contributed by atoms with Crippen molar-refractivity contribution in [1.82, 2.24) is 0 Å². The molecule has 0 spiro atoms. The molecule has 0 amide bonds. The maximum absolute atomic E-state index is 6.65. The summed E-state index contributed by atoms with van der Waals surface area (Å²) in [7, 11) is 0.